The zero-order valence-electron chi connectivity index (χ0n) is 19.4. The van der Waals surface area contributed by atoms with Gasteiger partial charge in [0, 0.05) is 0 Å². The molecule has 2 atom stereocenters. The van der Waals surface area contributed by atoms with Crippen LogP contribution in [0.3, 0.4) is 0 Å². The highest BCUT2D eigenvalue weighted by atomic mass is 16.4. The van der Waals surface area contributed by atoms with Gasteiger partial charge in [0.05, 0.1) is 36.2 Å². The van der Waals surface area contributed by atoms with E-state index < -0.39 is 66.4 Å². The number of carboxylic acid groups (broad SMARTS) is 4. The van der Waals surface area contributed by atoms with Gasteiger partial charge in [-0.15, -0.1) is 0 Å². The highest BCUT2D eigenvalue weighted by molar-refractivity contribution is 6.00. The molecule has 0 aliphatic heterocycles. The summed E-state index contributed by atoms with van der Waals surface area (Å²) in [6.07, 6.45) is -1.87. The third-order valence-electron chi connectivity index (χ3n) is 4.80. The Bertz CT molecular complexity index is 1270. The van der Waals surface area contributed by atoms with Crippen molar-refractivity contribution in [2.24, 2.45) is 10.2 Å². The van der Waals surface area contributed by atoms with Gasteiger partial charge < -0.3 is 36.2 Å². The lowest BCUT2D eigenvalue weighted by atomic mass is 10.1. The lowest BCUT2D eigenvalue weighted by Crippen LogP contribution is -2.42. The van der Waals surface area contributed by atoms with Gasteiger partial charge in [-0.2, -0.15) is 10.2 Å². The zero-order valence-corrected chi connectivity index (χ0v) is 19.4. The topological polar surface area (TPSA) is 252 Å². The Kier molecular flexibility index (Phi) is 9.96. The van der Waals surface area contributed by atoms with E-state index in [0.29, 0.717) is 11.3 Å². The van der Waals surface area contributed by atoms with Crippen molar-refractivity contribution in [2.75, 3.05) is 0 Å². The Morgan fingerprint density at radius 2 is 1.21 bits per heavy atom. The van der Waals surface area contributed by atoms with E-state index in [2.05, 4.69) is 15.5 Å². The van der Waals surface area contributed by atoms with E-state index in [9.17, 15) is 33.9 Å². The summed E-state index contributed by atoms with van der Waals surface area (Å²) in [7, 11) is 0. The molecule has 2 aromatic rings. The fourth-order valence-corrected chi connectivity index (χ4v) is 2.98. The molecule has 2 unspecified atom stereocenters. The first-order valence-electron chi connectivity index (χ1n) is 10.7. The van der Waals surface area contributed by atoms with Crippen LogP contribution in [0.2, 0.25) is 0 Å². The molecule has 0 aliphatic carbocycles. The van der Waals surface area contributed by atoms with Crippen LogP contribution in [0.1, 0.15) is 28.8 Å². The van der Waals surface area contributed by atoms with Crippen molar-refractivity contribution in [1.82, 2.24) is 10.6 Å². The molecular weight excluding hydrogens is 508 g/mol. The normalized spacial score (nSPS) is 12.3. The zero-order chi connectivity index (χ0) is 28.4. The van der Waals surface area contributed by atoms with Crippen LogP contribution in [-0.4, -0.2) is 73.3 Å². The quantitative estimate of drug-likeness (QED) is 0.180. The van der Waals surface area contributed by atoms with Crippen molar-refractivity contribution >= 4 is 47.1 Å². The first-order chi connectivity index (χ1) is 17.8. The van der Waals surface area contributed by atoms with Crippen LogP contribution in [-0.2, 0) is 30.4 Å². The van der Waals surface area contributed by atoms with Crippen molar-refractivity contribution in [1.29, 1.82) is 0 Å². The predicted molar refractivity (Wildman–Crippen MR) is 125 cm³/mol. The maximum absolute atomic E-state index is 12.4. The van der Waals surface area contributed by atoms with Crippen molar-refractivity contribution in [2.45, 2.75) is 31.3 Å². The lowest BCUT2D eigenvalue weighted by molar-refractivity contribution is -0.147. The minimum atomic E-state index is -1.72. The molecule has 2 rings (SSSR count). The summed E-state index contributed by atoms with van der Waals surface area (Å²) in [6, 6.07) is 6.22. The van der Waals surface area contributed by atoms with Gasteiger partial charge >= 0.3 is 23.9 Å². The second-order valence-electron chi connectivity index (χ2n) is 7.76. The minimum absolute atomic E-state index is 0.0969. The molecule has 0 spiro atoms. The molecule has 200 valence electrons. The van der Waals surface area contributed by atoms with E-state index in [4.69, 9.17) is 20.4 Å². The third kappa shape index (κ3) is 9.03. The Morgan fingerprint density at radius 3 is 1.74 bits per heavy atom. The highest BCUT2D eigenvalue weighted by Gasteiger charge is 2.25. The SMILES string of the molecule is O=C(O)CC(NC(=O)Cc1ccc(/N=N/c2ccc(O)c(C(=O)NC(CC(=O)O)C(=O)O)c2)cc1)C(=O)O. The van der Waals surface area contributed by atoms with Crippen molar-refractivity contribution in [3.8, 4) is 5.75 Å². The average Bonchev–Trinajstić information content (AvgIpc) is 2.82. The van der Waals surface area contributed by atoms with Gasteiger partial charge in [-0.3, -0.25) is 19.2 Å². The summed E-state index contributed by atoms with van der Waals surface area (Å²) >= 11 is 0. The van der Waals surface area contributed by atoms with Crippen LogP contribution in [0.4, 0.5) is 11.4 Å². The molecule has 0 aromatic heterocycles. The van der Waals surface area contributed by atoms with Gasteiger partial charge in [0.15, 0.2) is 0 Å². The molecule has 2 amide bonds. The van der Waals surface area contributed by atoms with Gasteiger partial charge in [0.2, 0.25) is 5.91 Å². The molecule has 0 saturated carbocycles. The number of aromatic hydroxyl groups is 1. The number of carbonyl (C=O) groups excluding carboxylic acids is 2. The number of nitrogens with zero attached hydrogens (tertiary/aromatic N) is 2. The molecule has 0 fully saturated rings. The maximum Gasteiger partial charge on any atom is 0.326 e. The number of nitrogens with one attached hydrogen (secondary N) is 2. The first kappa shape index (κ1) is 28.9. The maximum atomic E-state index is 12.4. The second kappa shape index (κ2) is 13.1. The standard InChI is InChI=1S/C23H22N4O11/c28-17-6-5-13(8-14(17)21(34)25-16(23(37)38)10-20(32)33)27-26-12-3-1-11(2-4-12)7-18(29)24-15(22(35)36)9-19(30)31/h1-6,8,15-16,28H,7,9-10H2,(H,24,29)(H,25,34)(H,30,31)(H,32,33)(H,35,36)(H,37,38)/b27-26+. The molecule has 15 nitrogen and oxygen atoms in total. The summed E-state index contributed by atoms with van der Waals surface area (Å²) < 4.78 is 0. The van der Waals surface area contributed by atoms with Crippen molar-refractivity contribution in [3.05, 3.63) is 53.6 Å². The predicted octanol–water partition coefficient (Wildman–Crippen LogP) is 1.05. The van der Waals surface area contributed by atoms with Crippen LogP contribution in [0.5, 0.6) is 5.75 Å². The van der Waals surface area contributed by atoms with E-state index >= 15 is 0 Å². The molecule has 0 radical (unpaired) electrons. The van der Waals surface area contributed by atoms with E-state index in [0.717, 1.165) is 12.1 Å². The number of hydrogen-bond acceptors (Lipinski definition) is 9. The third-order valence-corrected chi connectivity index (χ3v) is 4.80. The molecule has 0 aliphatic rings. The fraction of sp³-hybridized carbons (Fsp3) is 0.217. The summed E-state index contributed by atoms with van der Waals surface area (Å²) in [5, 5.41) is 57.6. The fourth-order valence-electron chi connectivity index (χ4n) is 2.98. The number of carboxylic acids is 4. The number of azo groups is 1. The molecule has 7 N–H and O–H groups in total. The molecular formula is C23H22N4O11. The summed E-state index contributed by atoms with van der Waals surface area (Å²) in [6.45, 7) is 0. The van der Waals surface area contributed by atoms with Gasteiger partial charge in [-0.1, -0.05) is 12.1 Å². The Labute approximate surface area is 213 Å². The molecule has 0 saturated heterocycles. The van der Waals surface area contributed by atoms with Crippen molar-refractivity contribution < 1.29 is 54.3 Å². The number of aliphatic carboxylic acids is 4. The summed E-state index contributed by atoms with van der Waals surface area (Å²) in [4.78, 5) is 68.2. The van der Waals surface area contributed by atoms with Gasteiger partial charge in [-0.05, 0) is 35.9 Å². The van der Waals surface area contributed by atoms with E-state index in [-0.39, 0.29) is 17.7 Å². The van der Waals surface area contributed by atoms with E-state index in [1.54, 1.807) is 0 Å². The summed E-state index contributed by atoms with van der Waals surface area (Å²) in [5.74, 6) is -8.11. The van der Waals surface area contributed by atoms with Crippen LogP contribution >= 0.6 is 0 Å². The Morgan fingerprint density at radius 1 is 0.711 bits per heavy atom. The number of phenolic OH excluding ortho intramolecular Hbond substituents is 1. The van der Waals surface area contributed by atoms with Crippen LogP contribution < -0.4 is 10.6 Å². The number of phenols is 1. The second-order valence-corrected chi connectivity index (χ2v) is 7.76. The van der Waals surface area contributed by atoms with Crippen molar-refractivity contribution in [3.63, 3.8) is 0 Å². The number of amides is 2. The molecule has 15 heteroatoms. The van der Waals surface area contributed by atoms with Gasteiger partial charge in [0.1, 0.15) is 17.8 Å². The number of hydrogen-bond donors (Lipinski definition) is 7. The van der Waals surface area contributed by atoms with Crippen LogP contribution in [0.15, 0.2) is 52.7 Å². The van der Waals surface area contributed by atoms with Crippen LogP contribution in [0.25, 0.3) is 0 Å². The molecule has 38 heavy (non-hydrogen) atoms. The van der Waals surface area contributed by atoms with Gasteiger partial charge in [0.25, 0.3) is 5.91 Å². The molecule has 2 aromatic carbocycles. The molecule has 0 heterocycles. The summed E-state index contributed by atoms with van der Waals surface area (Å²) in [5.41, 5.74) is 0.524. The number of rotatable bonds is 13. The Balaban J connectivity index is 2.07. The van der Waals surface area contributed by atoms with E-state index in [1.807, 2.05) is 5.32 Å². The Hall–Kier alpha value is -5.34. The van der Waals surface area contributed by atoms with Gasteiger partial charge in [-0.25, -0.2) is 9.59 Å². The lowest BCUT2D eigenvalue weighted by Gasteiger charge is -2.13. The largest absolute Gasteiger partial charge is 0.507 e. The average molecular weight is 530 g/mol. The van der Waals surface area contributed by atoms with E-state index in [1.165, 1.54) is 30.3 Å². The molecule has 0 bridgehead atoms. The van der Waals surface area contributed by atoms with Crippen LogP contribution in [0, 0.1) is 0 Å². The first-order valence-corrected chi connectivity index (χ1v) is 10.7. The number of carbonyl (C=O) groups is 6. The highest BCUT2D eigenvalue weighted by Crippen LogP contribution is 2.25. The minimum Gasteiger partial charge on any atom is -0.507 e. The number of benzene rings is 2. The monoisotopic (exact) mass is 530 g/mol. The smallest absolute Gasteiger partial charge is 0.326 e.